The van der Waals surface area contributed by atoms with Crippen LogP contribution in [0.15, 0.2) is 101 Å². The third kappa shape index (κ3) is 3.72. The van der Waals surface area contributed by atoms with E-state index in [1.807, 2.05) is 36.4 Å². The van der Waals surface area contributed by atoms with E-state index >= 15 is 0 Å². The Morgan fingerprint density at radius 1 is 0.778 bits per heavy atom. The number of hydrogen-bond donors (Lipinski definition) is 0. The molecule has 132 valence electrons. The molecular formula is C25H19BrO. The molecule has 0 unspecified atom stereocenters. The molecule has 0 aromatic heterocycles. The summed E-state index contributed by atoms with van der Waals surface area (Å²) in [5, 5.41) is 0. The molecule has 1 nitrogen and oxygen atoms in total. The third-order valence-corrected chi connectivity index (χ3v) is 5.59. The van der Waals surface area contributed by atoms with Crippen molar-refractivity contribution in [3.8, 4) is 0 Å². The van der Waals surface area contributed by atoms with Crippen molar-refractivity contribution in [1.82, 2.24) is 0 Å². The zero-order chi connectivity index (χ0) is 18.6. The summed E-state index contributed by atoms with van der Waals surface area (Å²) in [6.45, 7) is 0. The Morgan fingerprint density at radius 3 is 1.96 bits per heavy atom. The van der Waals surface area contributed by atoms with Crippen LogP contribution in [0.4, 0.5) is 0 Å². The first kappa shape index (κ1) is 17.7. The molecular weight excluding hydrogens is 396 g/mol. The second-order valence-corrected chi connectivity index (χ2v) is 7.61. The van der Waals surface area contributed by atoms with Gasteiger partial charge in [-0.15, -0.1) is 0 Å². The number of hydrogen-bond acceptors (Lipinski definition) is 1. The molecule has 1 aliphatic rings. The van der Waals surface area contributed by atoms with Crippen LogP contribution in [0.3, 0.4) is 0 Å². The fraction of sp³-hybridized carbons (Fsp3) is 0.0800. The van der Waals surface area contributed by atoms with E-state index in [0.717, 1.165) is 39.5 Å². The number of allylic oxidation sites excluding steroid dienone is 4. The summed E-state index contributed by atoms with van der Waals surface area (Å²) in [6, 6.07) is 28.9. The molecule has 0 spiro atoms. The molecule has 4 rings (SSSR count). The summed E-state index contributed by atoms with van der Waals surface area (Å²) < 4.78 is 1.04. The van der Waals surface area contributed by atoms with Crippen LogP contribution in [0, 0.1) is 0 Å². The van der Waals surface area contributed by atoms with Gasteiger partial charge >= 0.3 is 0 Å². The van der Waals surface area contributed by atoms with Gasteiger partial charge < -0.3 is 0 Å². The van der Waals surface area contributed by atoms with Gasteiger partial charge in [-0.2, -0.15) is 0 Å². The molecule has 3 aromatic carbocycles. The predicted octanol–water partition coefficient (Wildman–Crippen LogP) is 6.67. The lowest BCUT2D eigenvalue weighted by molar-refractivity contribution is -0.105. The van der Waals surface area contributed by atoms with Crippen LogP contribution in [0.5, 0.6) is 0 Å². The number of halogens is 1. The minimum atomic E-state index is 0.0472. The minimum absolute atomic E-state index is 0.0472. The first-order chi connectivity index (χ1) is 13.3. The molecule has 2 heteroatoms. The highest BCUT2D eigenvalue weighted by Crippen LogP contribution is 2.43. The SMILES string of the molecule is O=CC1=C(c2ccccc2)C=C(c2ccccc2)C[C@@H]1c1ccc(Br)cc1. The van der Waals surface area contributed by atoms with Gasteiger partial charge in [-0.1, -0.05) is 94.8 Å². The summed E-state index contributed by atoms with van der Waals surface area (Å²) >= 11 is 3.51. The number of benzene rings is 3. The lowest BCUT2D eigenvalue weighted by Crippen LogP contribution is -2.12. The number of carbonyl (C=O) groups excluding carboxylic acids is 1. The quantitative estimate of drug-likeness (QED) is 0.435. The molecule has 0 N–H and O–H groups in total. The molecule has 0 fully saturated rings. The largest absolute Gasteiger partial charge is 0.298 e. The second kappa shape index (κ2) is 7.89. The Balaban J connectivity index is 1.89. The predicted molar refractivity (Wildman–Crippen MR) is 115 cm³/mol. The minimum Gasteiger partial charge on any atom is -0.298 e. The van der Waals surface area contributed by atoms with E-state index in [-0.39, 0.29) is 5.92 Å². The standard InChI is InChI=1S/C25H19BrO/c26-22-13-11-20(12-14-22)24-16-21(18-7-3-1-4-8-18)15-23(25(24)17-27)19-9-5-2-6-10-19/h1-15,17,24H,16H2/t24-/m1/s1. The third-order valence-electron chi connectivity index (χ3n) is 5.06. The van der Waals surface area contributed by atoms with Crippen LogP contribution in [0.25, 0.3) is 11.1 Å². The average molecular weight is 415 g/mol. The number of aldehydes is 1. The van der Waals surface area contributed by atoms with Crippen LogP contribution >= 0.6 is 15.9 Å². The van der Waals surface area contributed by atoms with Crippen LogP contribution < -0.4 is 0 Å². The van der Waals surface area contributed by atoms with E-state index in [4.69, 9.17) is 0 Å². The van der Waals surface area contributed by atoms with E-state index in [1.54, 1.807) is 0 Å². The van der Waals surface area contributed by atoms with Gasteiger partial charge in [-0.25, -0.2) is 0 Å². The zero-order valence-corrected chi connectivity index (χ0v) is 16.4. The fourth-order valence-corrected chi connectivity index (χ4v) is 3.96. The van der Waals surface area contributed by atoms with Crippen molar-refractivity contribution < 1.29 is 4.79 Å². The van der Waals surface area contributed by atoms with Gasteiger partial charge in [0.25, 0.3) is 0 Å². The van der Waals surface area contributed by atoms with Crippen molar-refractivity contribution >= 4 is 33.4 Å². The molecule has 1 atom stereocenters. The number of carbonyl (C=O) groups is 1. The molecule has 27 heavy (non-hydrogen) atoms. The Labute approximate surface area is 168 Å². The molecule has 0 heterocycles. The molecule has 0 saturated carbocycles. The molecule has 0 saturated heterocycles. The van der Waals surface area contributed by atoms with E-state index in [1.165, 1.54) is 11.1 Å². The van der Waals surface area contributed by atoms with Crippen molar-refractivity contribution in [3.05, 3.63) is 118 Å². The zero-order valence-electron chi connectivity index (χ0n) is 14.8. The summed E-state index contributed by atoms with van der Waals surface area (Å²) in [4.78, 5) is 12.1. The van der Waals surface area contributed by atoms with Crippen molar-refractivity contribution in [1.29, 1.82) is 0 Å². The number of rotatable bonds is 4. The van der Waals surface area contributed by atoms with Crippen LogP contribution in [-0.2, 0) is 4.79 Å². The maximum Gasteiger partial charge on any atom is 0.147 e. The Hall–Kier alpha value is -2.71. The lowest BCUT2D eigenvalue weighted by atomic mass is 9.76. The second-order valence-electron chi connectivity index (χ2n) is 6.70. The molecule has 3 aromatic rings. The van der Waals surface area contributed by atoms with Gasteiger partial charge in [0.05, 0.1) is 0 Å². The van der Waals surface area contributed by atoms with Crippen molar-refractivity contribution in [3.63, 3.8) is 0 Å². The van der Waals surface area contributed by atoms with E-state index in [2.05, 4.69) is 70.5 Å². The smallest absolute Gasteiger partial charge is 0.147 e. The van der Waals surface area contributed by atoms with Gasteiger partial charge in [0, 0.05) is 16.0 Å². The van der Waals surface area contributed by atoms with Gasteiger partial charge in [0.15, 0.2) is 0 Å². The fourth-order valence-electron chi connectivity index (χ4n) is 3.69. The summed E-state index contributed by atoms with van der Waals surface area (Å²) in [5.74, 6) is 0.0472. The molecule has 1 aliphatic carbocycles. The van der Waals surface area contributed by atoms with Crippen molar-refractivity contribution in [2.45, 2.75) is 12.3 Å². The summed E-state index contributed by atoms with van der Waals surface area (Å²) in [7, 11) is 0. The Kier molecular flexibility index (Phi) is 5.17. The molecule has 0 aliphatic heterocycles. The monoisotopic (exact) mass is 414 g/mol. The van der Waals surface area contributed by atoms with E-state index in [9.17, 15) is 4.79 Å². The first-order valence-electron chi connectivity index (χ1n) is 9.02. The highest BCUT2D eigenvalue weighted by Gasteiger charge is 2.26. The van der Waals surface area contributed by atoms with Crippen LogP contribution in [0.1, 0.15) is 29.0 Å². The van der Waals surface area contributed by atoms with Crippen LogP contribution in [-0.4, -0.2) is 6.29 Å². The molecule has 0 bridgehead atoms. The van der Waals surface area contributed by atoms with E-state index < -0.39 is 0 Å². The summed E-state index contributed by atoms with van der Waals surface area (Å²) in [5.41, 5.74) is 6.57. The van der Waals surface area contributed by atoms with Crippen LogP contribution in [0.2, 0.25) is 0 Å². The maximum absolute atomic E-state index is 12.1. The van der Waals surface area contributed by atoms with Crippen molar-refractivity contribution in [2.75, 3.05) is 0 Å². The average Bonchev–Trinajstić information content (AvgIpc) is 2.74. The highest BCUT2D eigenvalue weighted by molar-refractivity contribution is 9.10. The first-order valence-corrected chi connectivity index (χ1v) is 9.82. The Morgan fingerprint density at radius 2 is 1.37 bits per heavy atom. The molecule has 0 amide bonds. The van der Waals surface area contributed by atoms with Gasteiger partial charge in [-0.05, 0) is 46.4 Å². The van der Waals surface area contributed by atoms with Gasteiger partial charge in [0.1, 0.15) is 6.29 Å². The highest BCUT2D eigenvalue weighted by atomic mass is 79.9. The normalized spacial score (nSPS) is 16.8. The van der Waals surface area contributed by atoms with Crippen molar-refractivity contribution in [2.24, 2.45) is 0 Å². The lowest BCUT2D eigenvalue weighted by Gasteiger charge is -2.27. The molecule has 0 radical (unpaired) electrons. The maximum atomic E-state index is 12.1. The topological polar surface area (TPSA) is 17.1 Å². The van der Waals surface area contributed by atoms with Gasteiger partial charge in [-0.3, -0.25) is 4.79 Å². The van der Waals surface area contributed by atoms with E-state index in [0.29, 0.717) is 0 Å². The summed E-state index contributed by atoms with van der Waals surface area (Å²) in [6.07, 6.45) is 4.03. The van der Waals surface area contributed by atoms with Gasteiger partial charge in [0.2, 0.25) is 0 Å². The Bertz CT molecular complexity index is 999.